The second-order valence-corrected chi connectivity index (χ2v) is 6.55. The van der Waals surface area contributed by atoms with Gasteiger partial charge in [0.15, 0.2) is 5.96 Å². The van der Waals surface area contributed by atoms with Crippen LogP contribution in [0.3, 0.4) is 0 Å². The second-order valence-electron chi connectivity index (χ2n) is 6.55. The molecule has 0 amide bonds. The van der Waals surface area contributed by atoms with Gasteiger partial charge in [0.05, 0.1) is 0 Å². The monoisotopic (exact) mass is 424 g/mol. The summed E-state index contributed by atoms with van der Waals surface area (Å²) in [6, 6.07) is 0.635. The molecular formula is C17H37IN4. The molecule has 1 aliphatic rings. The van der Waals surface area contributed by atoms with Crippen LogP contribution < -0.4 is 10.6 Å². The van der Waals surface area contributed by atoms with Gasteiger partial charge in [-0.05, 0) is 46.3 Å². The largest absolute Gasteiger partial charge is 0.356 e. The van der Waals surface area contributed by atoms with Crippen LogP contribution >= 0.6 is 24.0 Å². The Balaban J connectivity index is 0.00000441. The molecule has 0 spiro atoms. The van der Waals surface area contributed by atoms with Gasteiger partial charge in [-0.3, -0.25) is 4.99 Å². The van der Waals surface area contributed by atoms with Crippen LogP contribution in [-0.4, -0.2) is 51.1 Å². The van der Waals surface area contributed by atoms with E-state index >= 15 is 0 Å². The molecule has 4 nitrogen and oxygen atoms in total. The number of hydrogen-bond donors (Lipinski definition) is 2. The first kappa shape index (κ1) is 22.0. The zero-order chi connectivity index (χ0) is 15.3. The number of unbranched alkanes of at least 4 members (excludes halogenated alkanes) is 4. The van der Waals surface area contributed by atoms with Crippen LogP contribution in [-0.2, 0) is 0 Å². The average Bonchev–Trinajstić information content (AvgIpc) is 2.49. The molecule has 0 heterocycles. The molecule has 1 saturated carbocycles. The number of nitrogens with zero attached hydrogens (tertiary/aromatic N) is 2. The van der Waals surface area contributed by atoms with Gasteiger partial charge in [0.1, 0.15) is 0 Å². The fourth-order valence-corrected chi connectivity index (χ4v) is 2.93. The van der Waals surface area contributed by atoms with Gasteiger partial charge in [-0.15, -0.1) is 24.0 Å². The van der Waals surface area contributed by atoms with E-state index in [1.54, 1.807) is 0 Å². The third-order valence-corrected chi connectivity index (χ3v) is 4.24. The SMILES string of the molecule is CN=C(NCCCCCCCN(C)C)NC1CCCCC1.I. The van der Waals surface area contributed by atoms with E-state index in [4.69, 9.17) is 0 Å². The van der Waals surface area contributed by atoms with Crippen LogP contribution in [0.2, 0.25) is 0 Å². The second kappa shape index (κ2) is 14.5. The zero-order valence-electron chi connectivity index (χ0n) is 14.9. The Labute approximate surface area is 154 Å². The molecule has 1 fully saturated rings. The van der Waals surface area contributed by atoms with Gasteiger partial charge in [0.25, 0.3) is 0 Å². The first-order valence-electron chi connectivity index (χ1n) is 8.84. The quantitative estimate of drug-likeness (QED) is 0.257. The maximum atomic E-state index is 4.34. The van der Waals surface area contributed by atoms with Gasteiger partial charge in [-0.2, -0.15) is 0 Å². The van der Waals surface area contributed by atoms with Crippen molar-refractivity contribution in [1.82, 2.24) is 15.5 Å². The summed E-state index contributed by atoms with van der Waals surface area (Å²) in [6.45, 7) is 2.26. The zero-order valence-corrected chi connectivity index (χ0v) is 17.2. The standard InChI is InChI=1S/C17H36N4.HI/c1-18-17(20-16-12-8-7-9-13-16)19-14-10-5-4-6-11-15-21(2)3;/h16H,4-15H2,1-3H3,(H2,18,19,20);1H. The molecule has 22 heavy (non-hydrogen) atoms. The normalized spacial score (nSPS) is 16.5. The van der Waals surface area contributed by atoms with Gasteiger partial charge in [-0.25, -0.2) is 0 Å². The van der Waals surface area contributed by atoms with Crippen molar-refractivity contribution in [1.29, 1.82) is 0 Å². The van der Waals surface area contributed by atoms with E-state index < -0.39 is 0 Å². The van der Waals surface area contributed by atoms with E-state index in [1.807, 2.05) is 7.05 Å². The van der Waals surface area contributed by atoms with Crippen LogP contribution in [0.1, 0.15) is 64.2 Å². The molecule has 0 saturated heterocycles. The number of hydrogen-bond acceptors (Lipinski definition) is 2. The first-order valence-corrected chi connectivity index (χ1v) is 8.84. The highest BCUT2D eigenvalue weighted by atomic mass is 127. The molecule has 1 rings (SSSR count). The fourth-order valence-electron chi connectivity index (χ4n) is 2.93. The van der Waals surface area contributed by atoms with Crippen molar-refractivity contribution in [2.45, 2.75) is 70.3 Å². The Bertz CT molecular complexity index is 276. The lowest BCUT2D eigenvalue weighted by Gasteiger charge is -2.24. The number of halogens is 1. The van der Waals surface area contributed by atoms with Crippen molar-refractivity contribution >= 4 is 29.9 Å². The molecule has 0 atom stereocenters. The molecule has 0 unspecified atom stereocenters. The predicted molar refractivity (Wildman–Crippen MR) is 108 cm³/mol. The summed E-state index contributed by atoms with van der Waals surface area (Å²) >= 11 is 0. The van der Waals surface area contributed by atoms with E-state index in [0.29, 0.717) is 6.04 Å². The average molecular weight is 424 g/mol. The van der Waals surface area contributed by atoms with E-state index in [2.05, 4.69) is 34.6 Å². The Morgan fingerprint density at radius 1 is 1.00 bits per heavy atom. The predicted octanol–water partition coefficient (Wildman–Crippen LogP) is 3.61. The Morgan fingerprint density at radius 2 is 1.64 bits per heavy atom. The molecular weight excluding hydrogens is 387 g/mol. The van der Waals surface area contributed by atoms with Crippen LogP contribution in [0.15, 0.2) is 4.99 Å². The molecule has 1 aliphatic carbocycles. The molecule has 5 heteroatoms. The summed E-state index contributed by atoms with van der Waals surface area (Å²) in [5, 5.41) is 7.02. The smallest absolute Gasteiger partial charge is 0.191 e. The number of guanidine groups is 1. The Morgan fingerprint density at radius 3 is 2.27 bits per heavy atom. The Kier molecular flexibility index (Phi) is 14.5. The molecule has 0 radical (unpaired) electrons. The van der Waals surface area contributed by atoms with Gasteiger partial charge < -0.3 is 15.5 Å². The van der Waals surface area contributed by atoms with Crippen molar-refractivity contribution in [3.63, 3.8) is 0 Å². The highest BCUT2D eigenvalue weighted by Gasteiger charge is 2.13. The molecule has 0 bridgehead atoms. The van der Waals surface area contributed by atoms with Crippen molar-refractivity contribution in [3.8, 4) is 0 Å². The van der Waals surface area contributed by atoms with E-state index in [9.17, 15) is 0 Å². The minimum absolute atomic E-state index is 0. The lowest BCUT2D eigenvalue weighted by molar-refractivity contribution is 0.389. The third-order valence-electron chi connectivity index (χ3n) is 4.24. The molecule has 132 valence electrons. The third kappa shape index (κ3) is 11.5. The summed E-state index contributed by atoms with van der Waals surface area (Å²) in [5.74, 6) is 0.995. The van der Waals surface area contributed by atoms with Crippen molar-refractivity contribution in [2.24, 2.45) is 4.99 Å². The van der Waals surface area contributed by atoms with Crippen LogP contribution in [0.4, 0.5) is 0 Å². The van der Waals surface area contributed by atoms with E-state index in [0.717, 1.165) is 12.5 Å². The summed E-state index contributed by atoms with van der Waals surface area (Å²) < 4.78 is 0. The topological polar surface area (TPSA) is 39.7 Å². The lowest BCUT2D eigenvalue weighted by atomic mass is 9.96. The number of aliphatic imine (C=N–C) groups is 1. The van der Waals surface area contributed by atoms with Gasteiger partial charge in [0, 0.05) is 19.6 Å². The summed E-state index contributed by atoms with van der Waals surface area (Å²) in [4.78, 5) is 6.60. The molecule has 2 N–H and O–H groups in total. The highest BCUT2D eigenvalue weighted by molar-refractivity contribution is 14.0. The van der Waals surface area contributed by atoms with Crippen LogP contribution in [0.5, 0.6) is 0 Å². The van der Waals surface area contributed by atoms with E-state index in [-0.39, 0.29) is 24.0 Å². The Hall–Kier alpha value is -0.0400. The maximum absolute atomic E-state index is 4.34. The summed E-state index contributed by atoms with van der Waals surface area (Å²) in [6.07, 6.45) is 13.3. The molecule has 0 aromatic heterocycles. The van der Waals surface area contributed by atoms with Crippen LogP contribution in [0, 0.1) is 0 Å². The van der Waals surface area contributed by atoms with Crippen molar-refractivity contribution in [3.05, 3.63) is 0 Å². The first-order chi connectivity index (χ1) is 10.2. The molecule has 0 aliphatic heterocycles. The van der Waals surface area contributed by atoms with Crippen molar-refractivity contribution in [2.75, 3.05) is 34.2 Å². The van der Waals surface area contributed by atoms with Gasteiger partial charge in [-0.1, -0.05) is 38.5 Å². The fraction of sp³-hybridized carbons (Fsp3) is 0.941. The van der Waals surface area contributed by atoms with Gasteiger partial charge in [0.2, 0.25) is 0 Å². The highest BCUT2D eigenvalue weighted by Crippen LogP contribution is 2.17. The van der Waals surface area contributed by atoms with Gasteiger partial charge >= 0.3 is 0 Å². The summed E-state index contributed by atoms with van der Waals surface area (Å²) in [7, 11) is 6.17. The molecule has 0 aromatic rings. The maximum Gasteiger partial charge on any atom is 0.191 e. The van der Waals surface area contributed by atoms with E-state index in [1.165, 1.54) is 70.8 Å². The number of rotatable bonds is 9. The minimum atomic E-state index is 0. The number of nitrogens with one attached hydrogen (secondary N) is 2. The van der Waals surface area contributed by atoms with Crippen LogP contribution in [0.25, 0.3) is 0 Å². The van der Waals surface area contributed by atoms with Crippen molar-refractivity contribution < 1.29 is 0 Å². The molecule has 0 aromatic carbocycles. The minimum Gasteiger partial charge on any atom is -0.356 e. The lowest BCUT2D eigenvalue weighted by Crippen LogP contribution is -2.44. The summed E-state index contributed by atoms with van der Waals surface area (Å²) in [5.41, 5.74) is 0.